The minimum Gasteiger partial charge on any atom is -0.314 e. The number of likely N-dealkylation sites (tertiary alicyclic amines) is 1. The van der Waals surface area contributed by atoms with E-state index in [-0.39, 0.29) is 0 Å². The summed E-state index contributed by atoms with van der Waals surface area (Å²) in [5, 5.41) is 3.76. The number of nitrogens with one attached hydrogen (secondary N) is 1. The van der Waals surface area contributed by atoms with Crippen LogP contribution in [-0.2, 0) is 6.54 Å². The van der Waals surface area contributed by atoms with Gasteiger partial charge in [-0.25, -0.2) is 0 Å². The van der Waals surface area contributed by atoms with E-state index in [1.807, 2.05) is 0 Å². The zero-order valence-electron chi connectivity index (χ0n) is 15.8. The lowest BCUT2D eigenvalue weighted by Crippen LogP contribution is -2.43. The number of rotatable bonds is 9. The van der Waals surface area contributed by atoms with Crippen molar-refractivity contribution in [3.05, 3.63) is 47.5 Å². The van der Waals surface area contributed by atoms with Gasteiger partial charge >= 0.3 is 0 Å². The summed E-state index contributed by atoms with van der Waals surface area (Å²) in [6.07, 6.45) is 6.14. The Morgan fingerprint density at radius 2 is 1.92 bits per heavy atom. The molecule has 1 aliphatic rings. The van der Waals surface area contributed by atoms with Crippen molar-refractivity contribution in [3.63, 3.8) is 0 Å². The lowest BCUT2D eigenvalue weighted by Gasteiger charge is -2.32. The van der Waals surface area contributed by atoms with Gasteiger partial charge in [0.15, 0.2) is 0 Å². The summed E-state index contributed by atoms with van der Waals surface area (Å²) in [4.78, 5) is 4.98. The Morgan fingerprint density at radius 1 is 1.21 bits per heavy atom. The minimum absolute atomic E-state index is 0.715. The monoisotopic (exact) mass is 329 g/mol. The van der Waals surface area contributed by atoms with Gasteiger partial charge in [0.05, 0.1) is 0 Å². The number of benzene rings is 1. The second-order valence-electron chi connectivity index (χ2n) is 7.39. The molecule has 0 radical (unpaired) electrons. The van der Waals surface area contributed by atoms with Gasteiger partial charge in [0.25, 0.3) is 0 Å². The molecular formula is C21H35N3. The molecule has 0 spiro atoms. The van der Waals surface area contributed by atoms with E-state index in [4.69, 9.17) is 0 Å². The molecule has 1 saturated heterocycles. The van der Waals surface area contributed by atoms with Crippen molar-refractivity contribution in [3.8, 4) is 0 Å². The molecule has 0 saturated carbocycles. The zero-order chi connectivity index (χ0) is 17.2. The van der Waals surface area contributed by atoms with Crippen LogP contribution in [0.4, 0.5) is 0 Å². The summed E-state index contributed by atoms with van der Waals surface area (Å²) in [5.41, 5.74) is 2.83. The third kappa shape index (κ3) is 7.61. The van der Waals surface area contributed by atoms with Gasteiger partial charge in [-0.2, -0.15) is 0 Å². The van der Waals surface area contributed by atoms with E-state index in [1.54, 1.807) is 0 Å². The summed E-state index contributed by atoms with van der Waals surface area (Å²) in [5.74, 6) is 0. The lowest BCUT2D eigenvalue weighted by atomic mass is 10.0. The Bertz CT molecular complexity index is 471. The van der Waals surface area contributed by atoms with Gasteiger partial charge in [0.1, 0.15) is 0 Å². The average Bonchev–Trinajstić information content (AvgIpc) is 2.59. The molecule has 0 aromatic heterocycles. The van der Waals surface area contributed by atoms with E-state index in [9.17, 15) is 0 Å². The van der Waals surface area contributed by atoms with E-state index in [1.165, 1.54) is 43.5 Å². The Kier molecular flexibility index (Phi) is 8.51. The van der Waals surface area contributed by atoms with Crippen LogP contribution in [0.2, 0.25) is 0 Å². The first kappa shape index (κ1) is 19.2. The molecule has 134 valence electrons. The summed E-state index contributed by atoms with van der Waals surface area (Å²) in [6.45, 7) is 11.3. The number of nitrogens with zero attached hydrogens (tertiary/aromatic N) is 2. The highest BCUT2D eigenvalue weighted by Gasteiger charge is 2.17. The molecule has 1 fully saturated rings. The number of allylic oxidation sites excluding steroid dienone is 1. The predicted octanol–water partition coefficient (Wildman–Crippen LogP) is 3.53. The van der Waals surface area contributed by atoms with E-state index < -0.39 is 0 Å². The molecule has 0 atom stereocenters. The van der Waals surface area contributed by atoms with Crippen LogP contribution in [-0.4, -0.2) is 55.6 Å². The van der Waals surface area contributed by atoms with Gasteiger partial charge in [-0.15, -0.1) is 0 Å². The largest absolute Gasteiger partial charge is 0.314 e. The number of hydrogen-bond acceptors (Lipinski definition) is 3. The fraction of sp³-hybridized carbons (Fsp3) is 0.619. The van der Waals surface area contributed by atoms with E-state index in [0.717, 1.165) is 26.2 Å². The van der Waals surface area contributed by atoms with Crippen molar-refractivity contribution < 1.29 is 0 Å². The van der Waals surface area contributed by atoms with Crippen LogP contribution in [0.3, 0.4) is 0 Å². The first-order chi connectivity index (χ1) is 11.6. The van der Waals surface area contributed by atoms with E-state index in [0.29, 0.717) is 6.04 Å². The standard InChI is InChI=1S/C21H35N3/c1-19(2)10-15-24-16-11-21(12-17-24)22-13-7-14-23(3)18-20-8-5-4-6-9-20/h4-6,8-10,21-22H,7,11-18H2,1-3H3. The van der Waals surface area contributed by atoms with Crippen LogP contribution in [0.5, 0.6) is 0 Å². The third-order valence-electron chi connectivity index (χ3n) is 4.79. The molecule has 2 rings (SSSR count). The van der Waals surface area contributed by atoms with Gasteiger partial charge in [0, 0.05) is 19.1 Å². The minimum atomic E-state index is 0.715. The SMILES string of the molecule is CC(C)=CCN1CCC(NCCCN(C)Cc2ccccc2)CC1. The molecule has 0 amide bonds. The van der Waals surface area contributed by atoms with Crippen molar-refractivity contribution in [2.75, 3.05) is 39.8 Å². The van der Waals surface area contributed by atoms with Crippen LogP contribution in [0.1, 0.15) is 38.7 Å². The van der Waals surface area contributed by atoms with Crippen LogP contribution in [0.25, 0.3) is 0 Å². The molecule has 1 heterocycles. The highest BCUT2D eigenvalue weighted by atomic mass is 15.1. The average molecular weight is 330 g/mol. The topological polar surface area (TPSA) is 18.5 Å². The molecule has 1 N–H and O–H groups in total. The summed E-state index contributed by atoms with van der Waals surface area (Å²) in [7, 11) is 2.22. The Balaban J connectivity index is 1.53. The molecule has 24 heavy (non-hydrogen) atoms. The molecule has 3 heteroatoms. The second kappa shape index (κ2) is 10.7. The summed E-state index contributed by atoms with van der Waals surface area (Å²) in [6, 6.07) is 11.4. The third-order valence-corrected chi connectivity index (χ3v) is 4.79. The normalized spacial score (nSPS) is 16.5. The van der Waals surface area contributed by atoms with Crippen molar-refractivity contribution in [2.24, 2.45) is 0 Å². The molecule has 0 aliphatic carbocycles. The lowest BCUT2D eigenvalue weighted by molar-refractivity contribution is 0.213. The fourth-order valence-electron chi connectivity index (χ4n) is 3.26. The molecule has 1 aromatic carbocycles. The van der Waals surface area contributed by atoms with Crippen molar-refractivity contribution in [2.45, 2.75) is 45.7 Å². The highest BCUT2D eigenvalue weighted by Crippen LogP contribution is 2.10. The first-order valence-corrected chi connectivity index (χ1v) is 9.45. The first-order valence-electron chi connectivity index (χ1n) is 9.45. The highest BCUT2D eigenvalue weighted by molar-refractivity contribution is 5.14. The maximum atomic E-state index is 3.76. The predicted molar refractivity (Wildman–Crippen MR) is 104 cm³/mol. The van der Waals surface area contributed by atoms with Crippen molar-refractivity contribution in [1.29, 1.82) is 0 Å². The Labute approximate surface area is 148 Å². The van der Waals surface area contributed by atoms with Crippen LogP contribution >= 0.6 is 0 Å². The summed E-state index contributed by atoms with van der Waals surface area (Å²) >= 11 is 0. The molecule has 0 bridgehead atoms. The van der Waals surface area contributed by atoms with Gasteiger partial charge in [-0.1, -0.05) is 42.0 Å². The smallest absolute Gasteiger partial charge is 0.0230 e. The van der Waals surface area contributed by atoms with Crippen LogP contribution < -0.4 is 5.32 Å². The van der Waals surface area contributed by atoms with Crippen LogP contribution in [0, 0.1) is 0 Å². The van der Waals surface area contributed by atoms with Gasteiger partial charge in [-0.3, -0.25) is 4.90 Å². The van der Waals surface area contributed by atoms with Crippen LogP contribution in [0.15, 0.2) is 42.0 Å². The summed E-state index contributed by atoms with van der Waals surface area (Å²) < 4.78 is 0. The van der Waals surface area contributed by atoms with E-state index in [2.05, 4.69) is 72.4 Å². The molecule has 1 aromatic rings. The molecule has 1 aliphatic heterocycles. The quantitative estimate of drug-likeness (QED) is 0.552. The van der Waals surface area contributed by atoms with Gasteiger partial charge in [-0.05, 0) is 71.9 Å². The fourth-order valence-corrected chi connectivity index (χ4v) is 3.26. The molecule has 0 unspecified atom stereocenters. The maximum Gasteiger partial charge on any atom is 0.0230 e. The van der Waals surface area contributed by atoms with Gasteiger partial charge in [0.2, 0.25) is 0 Å². The van der Waals surface area contributed by atoms with Gasteiger partial charge < -0.3 is 10.2 Å². The van der Waals surface area contributed by atoms with Crippen molar-refractivity contribution in [1.82, 2.24) is 15.1 Å². The van der Waals surface area contributed by atoms with Crippen molar-refractivity contribution >= 4 is 0 Å². The molecular weight excluding hydrogens is 294 g/mol. The van der Waals surface area contributed by atoms with E-state index >= 15 is 0 Å². The second-order valence-corrected chi connectivity index (χ2v) is 7.39. The zero-order valence-corrected chi connectivity index (χ0v) is 15.8. The number of hydrogen-bond donors (Lipinski definition) is 1. The molecule has 3 nitrogen and oxygen atoms in total. The Morgan fingerprint density at radius 3 is 2.58 bits per heavy atom. The maximum absolute atomic E-state index is 3.76. The Hall–Kier alpha value is -1.16. The number of piperidine rings is 1.